The molecule has 2 N–H and O–H groups in total. The summed E-state index contributed by atoms with van der Waals surface area (Å²) < 4.78 is 32.3. The number of hydrogen-bond donors (Lipinski definition) is 2. The standard InChI is InChI=1S/C26H22F2N4O3S/c1-25(13-29)14-35-11-18-6-5-17(8-19(18)25)23(34)30-10-22(33)32-24-31-21(12-36-24)16-4-2-3-15(7-16)20-9-26(20,27)28/h2-8,12,20H,9-11,14H2,1H3,(H,30,34)(H,31,32,33)/t20-,25-/m1/s1. The lowest BCUT2D eigenvalue weighted by Crippen LogP contribution is -2.34. The first-order valence-electron chi connectivity index (χ1n) is 11.3. The maximum Gasteiger partial charge on any atom is 0.255 e. The Bertz CT molecular complexity index is 1400. The molecule has 0 spiro atoms. The maximum atomic E-state index is 13.4. The van der Waals surface area contributed by atoms with Gasteiger partial charge in [-0.15, -0.1) is 11.3 Å². The summed E-state index contributed by atoms with van der Waals surface area (Å²) >= 11 is 1.20. The van der Waals surface area contributed by atoms with Crippen LogP contribution in [0.25, 0.3) is 11.3 Å². The average molecular weight is 509 g/mol. The molecule has 2 amide bonds. The molecule has 3 aromatic rings. The van der Waals surface area contributed by atoms with E-state index in [2.05, 4.69) is 21.7 Å². The Balaban J connectivity index is 1.19. The zero-order valence-corrected chi connectivity index (χ0v) is 20.1. The van der Waals surface area contributed by atoms with Crippen molar-refractivity contribution in [3.8, 4) is 17.3 Å². The van der Waals surface area contributed by atoms with Crippen molar-refractivity contribution in [3.05, 3.63) is 70.1 Å². The van der Waals surface area contributed by atoms with Crippen LogP contribution in [0.2, 0.25) is 0 Å². The van der Waals surface area contributed by atoms with Gasteiger partial charge in [0, 0.05) is 22.9 Å². The molecule has 5 rings (SSSR count). The van der Waals surface area contributed by atoms with E-state index in [1.54, 1.807) is 54.8 Å². The predicted molar refractivity (Wildman–Crippen MR) is 130 cm³/mol. The van der Waals surface area contributed by atoms with E-state index in [-0.39, 0.29) is 19.6 Å². The molecule has 0 saturated heterocycles. The van der Waals surface area contributed by atoms with Gasteiger partial charge in [0.05, 0.1) is 37.4 Å². The fourth-order valence-electron chi connectivity index (χ4n) is 4.27. The number of nitrogens with zero attached hydrogens (tertiary/aromatic N) is 2. The number of halogens is 2. The van der Waals surface area contributed by atoms with Crippen LogP contribution in [0.15, 0.2) is 47.8 Å². The molecule has 2 aliphatic rings. The lowest BCUT2D eigenvalue weighted by Gasteiger charge is -2.30. The number of thiazole rings is 1. The van der Waals surface area contributed by atoms with Gasteiger partial charge in [-0.05, 0) is 41.8 Å². The molecule has 1 aliphatic carbocycles. The van der Waals surface area contributed by atoms with Crippen molar-refractivity contribution < 1.29 is 23.1 Å². The van der Waals surface area contributed by atoms with Gasteiger partial charge < -0.3 is 15.4 Å². The smallest absolute Gasteiger partial charge is 0.255 e. The van der Waals surface area contributed by atoms with Gasteiger partial charge in [0.25, 0.3) is 11.8 Å². The van der Waals surface area contributed by atoms with E-state index in [1.807, 2.05) is 0 Å². The minimum atomic E-state index is -2.65. The molecule has 36 heavy (non-hydrogen) atoms. The van der Waals surface area contributed by atoms with Crippen LogP contribution in [-0.4, -0.2) is 35.9 Å². The summed E-state index contributed by atoms with van der Waals surface area (Å²) in [5, 5.41) is 16.9. The number of fused-ring (bicyclic) bond motifs is 1. The number of rotatable bonds is 6. The molecule has 0 unspecified atom stereocenters. The third-order valence-corrected chi connectivity index (χ3v) is 7.19. The lowest BCUT2D eigenvalue weighted by molar-refractivity contribution is -0.115. The van der Waals surface area contributed by atoms with E-state index in [4.69, 9.17) is 4.74 Å². The number of benzene rings is 2. The third kappa shape index (κ3) is 4.72. The van der Waals surface area contributed by atoms with Crippen LogP contribution in [0, 0.1) is 11.3 Å². The number of amides is 2. The molecule has 2 heterocycles. The van der Waals surface area contributed by atoms with Crippen LogP contribution < -0.4 is 10.6 Å². The molecule has 1 fully saturated rings. The maximum absolute atomic E-state index is 13.4. The van der Waals surface area contributed by atoms with Crippen LogP contribution >= 0.6 is 11.3 Å². The highest BCUT2D eigenvalue weighted by Crippen LogP contribution is 2.56. The number of nitriles is 1. The van der Waals surface area contributed by atoms with Crippen LogP contribution in [0.1, 0.15) is 46.3 Å². The molecule has 1 saturated carbocycles. The summed E-state index contributed by atoms with van der Waals surface area (Å²) in [5.74, 6) is -4.29. The minimum Gasteiger partial charge on any atom is -0.375 e. The van der Waals surface area contributed by atoms with Crippen molar-refractivity contribution in [2.24, 2.45) is 0 Å². The first-order valence-corrected chi connectivity index (χ1v) is 12.2. The predicted octanol–water partition coefficient (Wildman–Crippen LogP) is 4.61. The normalized spacial score (nSPS) is 21.7. The zero-order chi connectivity index (χ0) is 25.5. The summed E-state index contributed by atoms with van der Waals surface area (Å²) in [6.07, 6.45) is -0.141. The minimum absolute atomic E-state index is 0.141. The summed E-state index contributed by atoms with van der Waals surface area (Å²) in [6, 6.07) is 14.2. The fraction of sp³-hybridized carbons (Fsp3) is 0.308. The van der Waals surface area contributed by atoms with Crippen LogP contribution in [0.5, 0.6) is 0 Å². The molecule has 0 radical (unpaired) electrons. The van der Waals surface area contributed by atoms with E-state index in [9.17, 15) is 23.6 Å². The first kappa shape index (κ1) is 24.0. The molecule has 2 aromatic carbocycles. The highest BCUT2D eigenvalue weighted by atomic mass is 32.1. The van der Waals surface area contributed by atoms with Gasteiger partial charge in [0.1, 0.15) is 5.41 Å². The van der Waals surface area contributed by atoms with E-state index in [0.717, 1.165) is 11.1 Å². The monoisotopic (exact) mass is 508 g/mol. The zero-order valence-electron chi connectivity index (χ0n) is 19.3. The topological polar surface area (TPSA) is 104 Å². The van der Waals surface area contributed by atoms with Crippen molar-refractivity contribution in [1.82, 2.24) is 10.3 Å². The van der Waals surface area contributed by atoms with E-state index < -0.39 is 29.1 Å². The van der Waals surface area contributed by atoms with Gasteiger partial charge in [-0.1, -0.05) is 24.3 Å². The van der Waals surface area contributed by atoms with Crippen molar-refractivity contribution in [3.63, 3.8) is 0 Å². The molecular weight excluding hydrogens is 486 g/mol. The van der Waals surface area contributed by atoms with E-state index in [0.29, 0.717) is 34.1 Å². The number of ether oxygens (including phenoxy) is 1. The number of carbonyl (C=O) groups excluding carboxylic acids is 2. The summed E-state index contributed by atoms with van der Waals surface area (Å²) in [5.41, 5.74) is 2.95. The number of aromatic nitrogens is 1. The Morgan fingerprint density at radius 3 is 2.83 bits per heavy atom. The first-order chi connectivity index (χ1) is 17.2. The molecule has 7 nitrogen and oxygen atoms in total. The van der Waals surface area contributed by atoms with E-state index >= 15 is 0 Å². The molecule has 184 valence electrons. The third-order valence-electron chi connectivity index (χ3n) is 6.43. The number of alkyl halides is 2. The summed E-state index contributed by atoms with van der Waals surface area (Å²) in [7, 11) is 0. The fourth-order valence-corrected chi connectivity index (χ4v) is 5.01. The van der Waals surface area contributed by atoms with Crippen molar-refractivity contribution in [1.29, 1.82) is 5.26 Å². The van der Waals surface area contributed by atoms with Crippen LogP contribution in [0.4, 0.5) is 13.9 Å². The van der Waals surface area contributed by atoms with Crippen molar-refractivity contribution in [2.75, 3.05) is 18.5 Å². The molecule has 2 atom stereocenters. The molecule has 10 heteroatoms. The Morgan fingerprint density at radius 2 is 2.08 bits per heavy atom. The SMILES string of the molecule is C[C@@]1(C#N)COCc2ccc(C(=O)NCC(=O)Nc3nc(-c4cccc([C@H]5CC5(F)F)c4)cs3)cc21. The number of carbonyl (C=O) groups is 2. The summed E-state index contributed by atoms with van der Waals surface area (Å²) in [4.78, 5) is 29.4. The van der Waals surface area contributed by atoms with Gasteiger partial charge in [0.15, 0.2) is 5.13 Å². The highest BCUT2D eigenvalue weighted by molar-refractivity contribution is 7.14. The van der Waals surface area contributed by atoms with Gasteiger partial charge in [-0.3, -0.25) is 9.59 Å². The molecule has 1 aliphatic heterocycles. The van der Waals surface area contributed by atoms with Gasteiger partial charge in [-0.25, -0.2) is 13.8 Å². The Kier molecular flexibility index (Phi) is 6.06. The number of nitrogens with one attached hydrogen (secondary N) is 2. The average Bonchev–Trinajstić information content (AvgIpc) is 3.28. The van der Waals surface area contributed by atoms with Crippen molar-refractivity contribution in [2.45, 2.75) is 37.2 Å². The Labute approximate surface area is 210 Å². The van der Waals surface area contributed by atoms with E-state index in [1.165, 1.54) is 11.3 Å². The van der Waals surface area contributed by atoms with Gasteiger partial charge in [0.2, 0.25) is 5.91 Å². The molecule has 1 aromatic heterocycles. The highest BCUT2D eigenvalue weighted by Gasteiger charge is 2.57. The lowest BCUT2D eigenvalue weighted by atomic mass is 9.79. The van der Waals surface area contributed by atoms with Crippen LogP contribution in [0.3, 0.4) is 0 Å². The number of anilines is 1. The second-order valence-electron chi connectivity index (χ2n) is 9.22. The second kappa shape index (κ2) is 9.08. The largest absolute Gasteiger partial charge is 0.375 e. The quantitative estimate of drug-likeness (QED) is 0.506. The van der Waals surface area contributed by atoms with Crippen molar-refractivity contribution >= 4 is 28.3 Å². The Morgan fingerprint density at radius 1 is 1.28 bits per heavy atom. The van der Waals surface area contributed by atoms with Gasteiger partial charge in [-0.2, -0.15) is 5.26 Å². The molecular formula is C26H22F2N4O3S. The number of hydrogen-bond acceptors (Lipinski definition) is 6. The second-order valence-corrected chi connectivity index (χ2v) is 10.1. The Hall–Kier alpha value is -3.68. The van der Waals surface area contributed by atoms with Gasteiger partial charge >= 0.3 is 0 Å². The summed E-state index contributed by atoms with van der Waals surface area (Å²) in [6.45, 7) is 2.12. The molecule has 0 bridgehead atoms. The van der Waals surface area contributed by atoms with Crippen LogP contribution in [-0.2, 0) is 21.6 Å².